The van der Waals surface area contributed by atoms with E-state index in [1.165, 1.54) is 19.2 Å². The molecule has 0 heterocycles. The Hall–Kier alpha value is -1.59. The van der Waals surface area contributed by atoms with E-state index in [-0.39, 0.29) is 11.3 Å². The van der Waals surface area contributed by atoms with E-state index in [4.69, 9.17) is 16.3 Å². The number of carbonyl (C=O) groups excluding carboxylic acids is 1. The Morgan fingerprint density at radius 2 is 2.05 bits per heavy atom. The molecule has 2 aromatic rings. The summed E-state index contributed by atoms with van der Waals surface area (Å²) in [7, 11) is 1.36. The molecule has 2 aromatic carbocycles. The van der Waals surface area contributed by atoms with Crippen LogP contribution in [-0.4, -0.2) is 13.0 Å². The zero-order valence-corrected chi connectivity index (χ0v) is 13.7. The highest BCUT2D eigenvalue weighted by Crippen LogP contribution is 2.29. The fourth-order valence-corrected chi connectivity index (χ4v) is 2.46. The first kappa shape index (κ1) is 15.8. The maximum Gasteiger partial charge on any atom is 0.255 e. The molecule has 1 amide bonds. The predicted molar refractivity (Wildman–Crippen MR) is 84.8 cm³/mol. The first-order chi connectivity index (χ1) is 9.92. The summed E-state index contributed by atoms with van der Waals surface area (Å²) in [5.74, 6) is -0.936. The molecule has 0 aromatic heterocycles. The van der Waals surface area contributed by atoms with Crippen molar-refractivity contribution < 1.29 is 13.9 Å². The Bertz CT molecular complexity index is 706. The number of hydrogen-bond acceptors (Lipinski definition) is 2. The van der Waals surface area contributed by atoms with Gasteiger partial charge in [0.15, 0.2) is 11.6 Å². The van der Waals surface area contributed by atoms with Crippen LogP contribution in [0.3, 0.4) is 0 Å². The maximum absolute atomic E-state index is 13.6. The normalized spacial score (nSPS) is 10.3. The molecular weight excluding hydrogens is 361 g/mol. The van der Waals surface area contributed by atoms with Crippen molar-refractivity contribution in [3.8, 4) is 5.75 Å². The van der Waals surface area contributed by atoms with E-state index in [1.807, 2.05) is 6.92 Å². The van der Waals surface area contributed by atoms with Crippen LogP contribution >= 0.6 is 27.5 Å². The molecule has 0 saturated heterocycles. The molecule has 0 radical (unpaired) electrons. The van der Waals surface area contributed by atoms with Gasteiger partial charge in [0, 0.05) is 15.1 Å². The number of rotatable bonds is 3. The fraction of sp³-hybridized carbons (Fsp3) is 0.133. The molecule has 1 N–H and O–H groups in total. The monoisotopic (exact) mass is 371 g/mol. The number of anilines is 1. The minimum atomic E-state index is -0.592. The maximum atomic E-state index is 13.6. The molecule has 0 atom stereocenters. The first-order valence-corrected chi connectivity index (χ1v) is 7.20. The lowest BCUT2D eigenvalue weighted by Gasteiger charge is -2.10. The number of halogens is 3. The predicted octanol–water partition coefficient (Wildman–Crippen LogP) is 4.81. The van der Waals surface area contributed by atoms with E-state index < -0.39 is 11.7 Å². The molecule has 2 rings (SSSR count). The second-order valence-electron chi connectivity index (χ2n) is 4.38. The van der Waals surface area contributed by atoms with Gasteiger partial charge in [0.1, 0.15) is 0 Å². The van der Waals surface area contributed by atoms with Crippen molar-refractivity contribution in [2.75, 3.05) is 12.4 Å². The van der Waals surface area contributed by atoms with Crippen molar-refractivity contribution in [3.63, 3.8) is 0 Å². The van der Waals surface area contributed by atoms with Gasteiger partial charge in [-0.25, -0.2) is 4.39 Å². The van der Waals surface area contributed by atoms with Gasteiger partial charge in [-0.2, -0.15) is 0 Å². The fourth-order valence-electron chi connectivity index (χ4n) is 1.74. The molecule has 110 valence electrons. The van der Waals surface area contributed by atoms with E-state index >= 15 is 0 Å². The van der Waals surface area contributed by atoms with E-state index in [1.54, 1.807) is 12.1 Å². The number of hydrogen-bond donors (Lipinski definition) is 1. The third-order valence-electron chi connectivity index (χ3n) is 2.91. The zero-order chi connectivity index (χ0) is 15.6. The highest BCUT2D eigenvalue weighted by atomic mass is 79.9. The molecule has 21 heavy (non-hydrogen) atoms. The summed E-state index contributed by atoms with van der Waals surface area (Å²) in [6.45, 7) is 1.86. The number of nitrogens with one attached hydrogen (secondary N) is 1. The van der Waals surface area contributed by atoms with Crippen LogP contribution in [0, 0.1) is 12.7 Å². The van der Waals surface area contributed by atoms with E-state index in [0.29, 0.717) is 15.2 Å². The second-order valence-corrected chi connectivity index (χ2v) is 5.65. The minimum Gasteiger partial charge on any atom is -0.494 e. The SMILES string of the molecule is COc1ccc(C(=O)Nc2cc(Cl)c(C)cc2Br)cc1F. The van der Waals surface area contributed by atoms with Crippen LogP contribution in [0.15, 0.2) is 34.8 Å². The second kappa shape index (κ2) is 6.45. The van der Waals surface area contributed by atoms with Crippen molar-refractivity contribution in [1.29, 1.82) is 0 Å². The molecule has 0 aliphatic rings. The van der Waals surface area contributed by atoms with Crippen LogP contribution < -0.4 is 10.1 Å². The van der Waals surface area contributed by atoms with Crippen LogP contribution in [0.1, 0.15) is 15.9 Å². The largest absolute Gasteiger partial charge is 0.494 e. The van der Waals surface area contributed by atoms with Gasteiger partial charge in [-0.1, -0.05) is 11.6 Å². The number of aryl methyl sites for hydroxylation is 1. The smallest absolute Gasteiger partial charge is 0.255 e. The number of ether oxygens (including phenoxy) is 1. The van der Waals surface area contributed by atoms with Crippen molar-refractivity contribution in [3.05, 3.63) is 56.8 Å². The summed E-state index contributed by atoms with van der Waals surface area (Å²) in [6.07, 6.45) is 0. The Morgan fingerprint density at radius 1 is 1.33 bits per heavy atom. The van der Waals surface area contributed by atoms with Crippen LogP contribution in [0.25, 0.3) is 0 Å². The average molecular weight is 373 g/mol. The van der Waals surface area contributed by atoms with Crippen molar-refractivity contribution in [2.24, 2.45) is 0 Å². The zero-order valence-electron chi connectivity index (χ0n) is 11.3. The summed E-state index contributed by atoms with van der Waals surface area (Å²) < 4.78 is 19.1. The highest BCUT2D eigenvalue weighted by molar-refractivity contribution is 9.10. The lowest BCUT2D eigenvalue weighted by molar-refractivity contribution is 0.102. The summed E-state index contributed by atoms with van der Waals surface area (Å²) in [5.41, 5.74) is 1.60. The molecule has 6 heteroatoms. The molecule has 0 fully saturated rings. The lowest BCUT2D eigenvalue weighted by Crippen LogP contribution is -2.12. The molecule has 0 aliphatic carbocycles. The number of carbonyl (C=O) groups is 1. The van der Waals surface area contributed by atoms with Crippen LogP contribution in [0.5, 0.6) is 5.75 Å². The van der Waals surface area contributed by atoms with Gasteiger partial charge in [-0.05, 0) is 58.7 Å². The highest BCUT2D eigenvalue weighted by Gasteiger charge is 2.12. The van der Waals surface area contributed by atoms with Crippen molar-refractivity contribution in [2.45, 2.75) is 6.92 Å². The van der Waals surface area contributed by atoms with E-state index in [9.17, 15) is 9.18 Å². The molecule has 0 unspecified atom stereocenters. The Morgan fingerprint density at radius 3 is 2.67 bits per heavy atom. The van der Waals surface area contributed by atoms with Crippen molar-refractivity contribution in [1.82, 2.24) is 0 Å². The Labute approximate surface area is 135 Å². The quantitative estimate of drug-likeness (QED) is 0.839. The lowest BCUT2D eigenvalue weighted by atomic mass is 10.1. The third kappa shape index (κ3) is 3.54. The van der Waals surface area contributed by atoms with Gasteiger partial charge >= 0.3 is 0 Å². The Kier molecular flexibility index (Phi) is 4.85. The summed E-state index contributed by atoms with van der Waals surface area (Å²) in [6, 6.07) is 7.45. The molecule has 3 nitrogen and oxygen atoms in total. The van der Waals surface area contributed by atoms with Gasteiger partial charge in [0.2, 0.25) is 0 Å². The van der Waals surface area contributed by atoms with Gasteiger partial charge in [-0.3, -0.25) is 4.79 Å². The molecule has 0 bridgehead atoms. The van der Waals surface area contributed by atoms with Crippen LogP contribution in [0.2, 0.25) is 5.02 Å². The number of benzene rings is 2. The van der Waals surface area contributed by atoms with Crippen LogP contribution in [0.4, 0.5) is 10.1 Å². The summed E-state index contributed by atoms with van der Waals surface area (Å²) >= 11 is 9.38. The molecular formula is C15H12BrClFNO2. The molecule has 0 spiro atoms. The number of methoxy groups -OCH3 is 1. The van der Waals surface area contributed by atoms with E-state index in [0.717, 1.165) is 11.6 Å². The summed E-state index contributed by atoms with van der Waals surface area (Å²) in [5, 5.41) is 3.22. The van der Waals surface area contributed by atoms with Crippen LogP contribution in [-0.2, 0) is 0 Å². The van der Waals surface area contributed by atoms with Gasteiger partial charge in [0.25, 0.3) is 5.91 Å². The van der Waals surface area contributed by atoms with Gasteiger partial charge in [0.05, 0.1) is 12.8 Å². The summed E-state index contributed by atoms with van der Waals surface area (Å²) in [4.78, 5) is 12.1. The number of amides is 1. The topological polar surface area (TPSA) is 38.3 Å². The van der Waals surface area contributed by atoms with Crippen molar-refractivity contribution >= 4 is 39.1 Å². The Balaban J connectivity index is 2.26. The molecule has 0 aliphatic heterocycles. The standard InChI is InChI=1S/C15H12BrClFNO2/c1-8-5-10(16)13(7-11(8)17)19-15(20)9-3-4-14(21-2)12(18)6-9/h3-7H,1-2H3,(H,19,20). The first-order valence-electron chi connectivity index (χ1n) is 6.03. The van der Waals surface area contributed by atoms with Gasteiger partial charge < -0.3 is 10.1 Å². The third-order valence-corrected chi connectivity index (χ3v) is 3.97. The van der Waals surface area contributed by atoms with Gasteiger partial charge in [-0.15, -0.1) is 0 Å². The molecule has 0 saturated carbocycles. The average Bonchev–Trinajstić information content (AvgIpc) is 2.44. The van der Waals surface area contributed by atoms with E-state index in [2.05, 4.69) is 21.2 Å². The minimum absolute atomic E-state index is 0.0890.